The number of benzene rings is 3. The number of nitrogens with zero attached hydrogens (tertiary/aromatic N) is 2. The molecule has 7 rings (SSSR count). The van der Waals surface area contributed by atoms with Gasteiger partial charge in [0.1, 0.15) is 27.7 Å². The normalized spacial score (nSPS) is 27.1. The summed E-state index contributed by atoms with van der Waals surface area (Å²) >= 11 is 6.83. The van der Waals surface area contributed by atoms with E-state index in [1.807, 2.05) is 30.3 Å². The molecule has 49 heavy (non-hydrogen) atoms. The molecular formula is C37H34N2O8S2. The van der Waals surface area contributed by atoms with Gasteiger partial charge in [-0.1, -0.05) is 84.6 Å². The Kier molecular flexibility index (Phi) is 7.94. The van der Waals surface area contributed by atoms with E-state index >= 15 is 9.59 Å². The Labute approximate surface area is 293 Å². The number of Topliss-reactive ketones (excluding diaryl/α,β-unsaturated/α-hetero) is 1. The van der Waals surface area contributed by atoms with Gasteiger partial charge in [0.2, 0.25) is 11.8 Å². The van der Waals surface area contributed by atoms with Gasteiger partial charge >= 0.3 is 12.1 Å². The van der Waals surface area contributed by atoms with Crippen LogP contribution in [-0.2, 0) is 35.8 Å². The van der Waals surface area contributed by atoms with Crippen LogP contribution < -0.4 is 9.64 Å². The molecule has 0 unspecified atom stereocenters. The lowest BCUT2D eigenvalue weighted by Crippen LogP contribution is -2.72. The van der Waals surface area contributed by atoms with Crippen molar-refractivity contribution in [2.45, 2.75) is 62.5 Å². The van der Waals surface area contributed by atoms with Crippen LogP contribution >= 0.6 is 24.0 Å². The third-order valence-corrected chi connectivity index (χ3v) is 11.4. The molecule has 2 fully saturated rings. The standard InChI is InChI=1S/C37H34N2O8S2/c1-5-45-30(41)28-36(24-16-10-11-17-25(24)39(31(36)42)33(44)47-35(2,3)4)19-23-27(40)22-15-9-12-18-26(22)46-29(23)37(28)32(43)38(34(48)49-37)20-21-13-7-6-8-14-21/h6-18,23,28-29H,5,19-20H2,1-4H3/t23-,28+,29-,36-,37+/m0/s1. The summed E-state index contributed by atoms with van der Waals surface area (Å²) in [5.41, 5.74) is -1.27. The first kappa shape index (κ1) is 33.0. The van der Waals surface area contributed by atoms with Crippen LogP contribution in [0.2, 0.25) is 0 Å². The molecule has 0 N–H and O–H groups in total. The first-order chi connectivity index (χ1) is 23.3. The maximum Gasteiger partial charge on any atom is 0.421 e. The van der Waals surface area contributed by atoms with E-state index in [4.69, 9.17) is 26.4 Å². The van der Waals surface area contributed by atoms with Gasteiger partial charge in [0, 0.05) is 0 Å². The molecule has 252 valence electrons. The van der Waals surface area contributed by atoms with Gasteiger partial charge in [-0.25, -0.2) is 9.69 Å². The predicted molar refractivity (Wildman–Crippen MR) is 185 cm³/mol. The molecule has 1 saturated carbocycles. The molecule has 10 nitrogen and oxygen atoms in total. The van der Waals surface area contributed by atoms with Crippen molar-refractivity contribution in [3.8, 4) is 5.75 Å². The average Bonchev–Trinajstić information content (AvgIpc) is 3.44. The van der Waals surface area contributed by atoms with E-state index < -0.39 is 57.6 Å². The number of imide groups is 1. The first-order valence-electron chi connectivity index (χ1n) is 16.1. The SMILES string of the molecule is CCOC(=O)[C@H]1[C@@]2(SC(=S)N(Cc3ccccc3)C2=O)[C@H]2Oc3ccccc3C(=O)[C@@H]2C[C@@]12C(=O)N(C(=O)OC(C)(C)C)c1ccccc12. The molecule has 0 aromatic heterocycles. The smallest absolute Gasteiger partial charge is 0.421 e. The fourth-order valence-corrected chi connectivity index (χ4v) is 9.80. The predicted octanol–water partition coefficient (Wildman–Crippen LogP) is 5.85. The third-order valence-electron chi connectivity index (χ3n) is 9.54. The summed E-state index contributed by atoms with van der Waals surface area (Å²) in [5, 5.41) is 0. The van der Waals surface area contributed by atoms with Crippen LogP contribution in [0.25, 0.3) is 0 Å². The number of amides is 3. The number of anilines is 1. The lowest BCUT2D eigenvalue weighted by atomic mass is 9.53. The van der Waals surface area contributed by atoms with Gasteiger partial charge in [-0.05, 0) is 63.4 Å². The van der Waals surface area contributed by atoms with Crippen molar-refractivity contribution >= 4 is 63.6 Å². The van der Waals surface area contributed by atoms with Crippen LogP contribution in [0, 0.1) is 11.8 Å². The number of carbonyl (C=O) groups is 5. The van der Waals surface area contributed by atoms with E-state index in [0.717, 1.165) is 22.2 Å². The Morgan fingerprint density at radius 2 is 1.63 bits per heavy atom. The molecule has 0 bridgehead atoms. The second kappa shape index (κ2) is 11.8. The zero-order valence-corrected chi connectivity index (χ0v) is 29.0. The molecule has 12 heteroatoms. The van der Waals surface area contributed by atoms with Gasteiger partial charge < -0.3 is 14.2 Å². The van der Waals surface area contributed by atoms with Crippen molar-refractivity contribution in [1.82, 2.24) is 4.90 Å². The monoisotopic (exact) mass is 698 g/mol. The molecule has 3 amide bonds. The van der Waals surface area contributed by atoms with Crippen molar-refractivity contribution in [3.63, 3.8) is 0 Å². The van der Waals surface area contributed by atoms with Crippen LogP contribution in [0.4, 0.5) is 10.5 Å². The number of esters is 1. The highest BCUT2D eigenvalue weighted by atomic mass is 32.2. The zero-order valence-electron chi connectivity index (χ0n) is 27.3. The van der Waals surface area contributed by atoms with Gasteiger partial charge in [0.15, 0.2) is 10.5 Å². The Morgan fingerprint density at radius 1 is 0.959 bits per heavy atom. The zero-order chi connectivity index (χ0) is 34.9. The highest BCUT2D eigenvalue weighted by molar-refractivity contribution is 8.25. The first-order valence-corrected chi connectivity index (χ1v) is 17.3. The fraction of sp³-hybridized carbons (Fsp3) is 0.351. The topological polar surface area (TPSA) is 120 Å². The summed E-state index contributed by atoms with van der Waals surface area (Å²) in [6.45, 7) is 6.71. The minimum Gasteiger partial charge on any atom is -0.487 e. The molecule has 0 radical (unpaired) electrons. The Hall–Kier alpha value is -4.55. The molecule has 4 aliphatic rings. The largest absolute Gasteiger partial charge is 0.487 e. The lowest BCUT2D eigenvalue weighted by molar-refractivity contribution is -0.166. The van der Waals surface area contributed by atoms with E-state index in [-0.39, 0.29) is 41.1 Å². The van der Waals surface area contributed by atoms with Crippen LogP contribution in [0.3, 0.4) is 0 Å². The van der Waals surface area contributed by atoms with E-state index in [1.54, 1.807) is 76.2 Å². The number of hydrogen-bond acceptors (Lipinski definition) is 10. The molecule has 1 aliphatic carbocycles. The number of carbonyl (C=O) groups excluding carboxylic acids is 5. The number of ketones is 1. The van der Waals surface area contributed by atoms with E-state index in [9.17, 15) is 14.4 Å². The number of thioether (sulfide) groups is 1. The number of ether oxygens (including phenoxy) is 3. The fourth-order valence-electron chi connectivity index (χ4n) is 7.75. The van der Waals surface area contributed by atoms with Gasteiger partial charge in [-0.2, -0.15) is 0 Å². The molecule has 5 atom stereocenters. The maximum absolute atomic E-state index is 15.3. The van der Waals surface area contributed by atoms with E-state index in [0.29, 0.717) is 11.1 Å². The number of rotatable bonds is 4. The summed E-state index contributed by atoms with van der Waals surface area (Å²) in [4.78, 5) is 75.8. The second-order valence-electron chi connectivity index (χ2n) is 13.5. The van der Waals surface area contributed by atoms with Crippen LogP contribution in [0.15, 0.2) is 78.9 Å². The molecule has 3 aromatic carbocycles. The van der Waals surface area contributed by atoms with Crippen LogP contribution in [0.1, 0.15) is 55.6 Å². The molecule has 1 saturated heterocycles. The Morgan fingerprint density at radius 3 is 2.35 bits per heavy atom. The second-order valence-corrected chi connectivity index (χ2v) is 15.5. The van der Waals surface area contributed by atoms with Crippen molar-refractivity contribution in [3.05, 3.63) is 95.6 Å². The summed E-state index contributed by atoms with van der Waals surface area (Å²) in [6, 6.07) is 22.6. The summed E-state index contributed by atoms with van der Waals surface area (Å²) in [6.07, 6.45) is -2.38. The molecule has 3 heterocycles. The molecular weight excluding hydrogens is 665 g/mol. The maximum atomic E-state index is 15.3. The van der Waals surface area contributed by atoms with Gasteiger partial charge in [0.05, 0.1) is 35.7 Å². The van der Waals surface area contributed by atoms with Crippen molar-refractivity contribution < 1.29 is 38.2 Å². The van der Waals surface area contributed by atoms with Gasteiger partial charge in [-0.15, -0.1) is 0 Å². The van der Waals surface area contributed by atoms with E-state index in [1.165, 1.54) is 4.90 Å². The van der Waals surface area contributed by atoms with Gasteiger partial charge in [-0.3, -0.25) is 24.1 Å². The number of thiocarbonyl (C=S) groups is 1. The van der Waals surface area contributed by atoms with Crippen molar-refractivity contribution in [2.24, 2.45) is 11.8 Å². The van der Waals surface area contributed by atoms with Crippen molar-refractivity contribution in [1.29, 1.82) is 0 Å². The quantitative estimate of drug-likeness (QED) is 0.243. The summed E-state index contributed by atoms with van der Waals surface area (Å²) < 4.78 is 16.3. The highest BCUT2D eigenvalue weighted by Crippen LogP contribution is 2.65. The Bertz CT molecular complexity index is 1930. The number of fused-ring (bicyclic) bond motifs is 5. The molecule has 3 aromatic rings. The van der Waals surface area contributed by atoms with Crippen LogP contribution in [-0.4, -0.2) is 61.9 Å². The minimum absolute atomic E-state index is 0.0547. The average molecular weight is 699 g/mol. The Balaban J connectivity index is 1.49. The minimum atomic E-state index is -1.93. The summed E-state index contributed by atoms with van der Waals surface area (Å²) in [5.74, 6) is -4.91. The summed E-state index contributed by atoms with van der Waals surface area (Å²) in [7, 11) is 0. The lowest BCUT2D eigenvalue weighted by Gasteiger charge is -2.54. The van der Waals surface area contributed by atoms with E-state index in [2.05, 4.69) is 0 Å². The molecule has 2 spiro atoms. The van der Waals surface area contributed by atoms with Gasteiger partial charge in [0.25, 0.3) is 0 Å². The number of hydrogen-bond donors (Lipinski definition) is 0. The third kappa shape index (κ3) is 4.90. The number of para-hydroxylation sites is 2. The van der Waals surface area contributed by atoms with Crippen molar-refractivity contribution in [2.75, 3.05) is 11.5 Å². The molecule has 3 aliphatic heterocycles. The van der Waals surface area contributed by atoms with Crippen LogP contribution in [0.5, 0.6) is 5.75 Å². The highest BCUT2D eigenvalue weighted by Gasteiger charge is 2.79.